The van der Waals surface area contributed by atoms with Crippen LogP contribution in [0.2, 0.25) is 0 Å². The van der Waals surface area contributed by atoms with E-state index < -0.39 is 0 Å². The van der Waals surface area contributed by atoms with Gasteiger partial charge in [0.05, 0.1) is 25.7 Å². The zero-order valence-corrected chi connectivity index (χ0v) is 11.0. The normalized spacial score (nSPS) is 11.2. The summed E-state index contributed by atoms with van der Waals surface area (Å²) in [6.45, 7) is 8.08. The van der Waals surface area contributed by atoms with Crippen molar-refractivity contribution in [2.75, 3.05) is 20.2 Å². The molecule has 0 N–H and O–H groups in total. The van der Waals surface area contributed by atoms with E-state index in [-0.39, 0.29) is 5.97 Å². The SMILES string of the molecule is CCN(CC(=O)OC)Cc1cncn1C(C)C. The van der Waals surface area contributed by atoms with Crippen LogP contribution in [0.4, 0.5) is 0 Å². The molecule has 17 heavy (non-hydrogen) atoms. The van der Waals surface area contributed by atoms with Crippen LogP contribution in [0, 0.1) is 0 Å². The molecule has 0 fully saturated rings. The standard InChI is InChI=1S/C12H21N3O2/c1-5-14(8-12(16)17-4)7-11-6-13-9-15(11)10(2)3/h6,9-10H,5,7-8H2,1-4H3. The summed E-state index contributed by atoms with van der Waals surface area (Å²) in [7, 11) is 1.41. The zero-order valence-electron chi connectivity index (χ0n) is 11.0. The predicted molar refractivity (Wildman–Crippen MR) is 65.6 cm³/mol. The Morgan fingerprint density at radius 3 is 2.82 bits per heavy atom. The molecule has 1 aromatic rings. The Kier molecular flexibility index (Phi) is 5.15. The van der Waals surface area contributed by atoms with Crippen LogP contribution in [0.25, 0.3) is 0 Å². The second kappa shape index (κ2) is 6.39. The summed E-state index contributed by atoms with van der Waals surface area (Å²) < 4.78 is 6.79. The number of imidazole rings is 1. The van der Waals surface area contributed by atoms with E-state index in [4.69, 9.17) is 0 Å². The fourth-order valence-electron chi connectivity index (χ4n) is 1.68. The molecule has 0 unspecified atom stereocenters. The Morgan fingerprint density at radius 2 is 2.29 bits per heavy atom. The van der Waals surface area contributed by atoms with Gasteiger partial charge in [0.2, 0.25) is 0 Å². The number of ether oxygens (including phenoxy) is 1. The molecule has 96 valence electrons. The first-order valence-corrected chi connectivity index (χ1v) is 5.88. The molecule has 0 aliphatic heterocycles. The number of aromatic nitrogens is 2. The first-order valence-electron chi connectivity index (χ1n) is 5.88. The molecule has 0 aliphatic rings. The third kappa shape index (κ3) is 3.85. The molecule has 0 spiro atoms. The van der Waals surface area contributed by atoms with Gasteiger partial charge in [-0.1, -0.05) is 6.92 Å². The van der Waals surface area contributed by atoms with E-state index in [9.17, 15) is 4.79 Å². The molecule has 5 nitrogen and oxygen atoms in total. The van der Waals surface area contributed by atoms with E-state index in [1.165, 1.54) is 7.11 Å². The second-order valence-electron chi connectivity index (χ2n) is 4.27. The van der Waals surface area contributed by atoms with Crippen molar-refractivity contribution < 1.29 is 9.53 Å². The highest BCUT2D eigenvalue weighted by Crippen LogP contribution is 2.11. The number of esters is 1. The van der Waals surface area contributed by atoms with Crippen molar-refractivity contribution >= 4 is 5.97 Å². The van der Waals surface area contributed by atoms with Crippen LogP contribution >= 0.6 is 0 Å². The van der Waals surface area contributed by atoms with Crippen molar-refractivity contribution in [1.29, 1.82) is 0 Å². The molecule has 0 saturated carbocycles. The minimum absolute atomic E-state index is 0.206. The molecule has 0 atom stereocenters. The zero-order chi connectivity index (χ0) is 12.8. The lowest BCUT2D eigenvalue weighted by atomic mass is 10.3. The maximum absolute atomic E-state index is 11.2. The Labute approximate surface area is 102 Å². The quantitative estimate of drug-likeness (QED) is 0.705. The lowest BCUT2D eigenvalue weighted by Gasteiger charge is -2.20. The summed E-state index contributed by atoms with van der Waals surface area (Å²) in [4.78, 5) is 17.4. The smallest absolute Gasteiger partial charge is 0.319 e. The van der Waals surface area contributed by atoms with Gasteiger partial charge in [0.1, 0.15) is 0 Å². The Hall–Kier alpha value is -1.36. The van der Waals surface area contributed by atoms with E-state index in [1.54, 1.807) is 0 Å². The molecule has 0 radical (unpaired) electrons. The summed E-state index contributed by atoms with van der Waals surface area (Å²) in [5, 5.41) is 0. The summed E-state index contributed by atoms with van der Waals surface area (Å²) in [6, 6.07) is 0.379. The Morgan fingerprint density at radius 1 is 1.59 bits per heavy atom. The van der Waals surface area contributed by atoms with Crippen molar-refractivity contribution in [3.05, 3.63) is 18.2 Å². The van der Waals surface area contributed by atoms with Gasteiger partial charge in [-0.15, -0.1) is 0 Å². The Bertz CT molecular complexity index is 360. The second-order valence-corrected chi connectivity index (χ2v) is 4.27. The topological polar surface area (TPSA) is 47.4 Å². The van der Waals surface area contributed by atoms with Gasteiger partial charge in [0, 0.05) is 18.8 Å². The van der Waals surface area contributed by atoms with Gasteiger partial charge in [-0.25, -0.2) is 4.98 Å². The molecule has 0 amide bonds. The van der Waals surface area contributed by atoms with Gasteiger partial charge in [0.25, 0.3) is 0 Å². The molecular weight excluding hydrogens is 218 g/mol. The molecule has 1 rings (SSSR count). The Balaban J connectivity index is 2.67. The van der Waals surface area contributed by atoms with Gasteiger partial charge in [0.15, 0.2) is 0 Å². The number of likely N-dealkylation sites (N-methyl/N-ethyl adjacent to an activating group) is 1. The molecular formula is C12H21N3O2. The molecule has 0 bridgehead atoms. The number of carbonyl (C=O) groups excluding carboxylic acids is 1. The number of carbonyl (C=O) groups is 1. The highest BCUT2D eigenvalue weighted by molar-refractivity contribution is 5.71. The highest BCUT2D eigenvalue weighted by atomic mass is 16.5. The van der Waals surface area contributed by atoms with Gasteiger partial charge < -0.3 is 9.30 Å². The molecule has 0 aliphatic carbocycles. The number of hydrogen-bond donors (Lipinski definition) is 0. The molecule has 5 heteroatoms. The highest BCUT2D eigenvalue weighted by Gasteiger charge is 2.13. The van der Waals surface area contributed by atoms with Gasteiger partial charge in [-0.2, -0.15) is 0 Å². The molecule has 1 heterocycles. The third-order valence-electron chi connectivity index (χ3n) is 2.72. The van der Waals surface area contributed by atoms with Crippen LogP contribution in [0.5, 0.6) is 0 Å². The van der Waals surface area contributed by atoms with Gasteiger partial charge in [-0.05, 0) is 20.4 Å². The number of rotatable bonds is 6. The van der Waals surface area contributed by atoms with Crippen molar-refractivity contribution in [2.45, 2.75) is 33.4 Å². The average molecular weight is 239 g/mol. The average Bonchev–Trinajstić information content (AvgIpc) is 2.76. The minimum atomic E-state index is -0.206. The summed E-state index contributed by atoms with van der Waals surface area (Å²) in [5.41, 5.74) is 1.12. The van der Waals surface area contributed by atoms with Crippen LogP contribution in [-0.2, 0) is 16.1 Å². The van der Waals surface area contributed by atoms with Crippen LogP contribution in [0.15, 0.2) is 12.5 Å². The van der Waals surface area contributed by atoms with Gasteiger partial charge in [-0.3, -0.25) is 9.69 Å². The van der Waals surface area contributed by atoms with E-state index in [2.05, 4.69) is 28.1 Å². The first kappa shape index (κ1) is 13.7. The van der Waals surface area contributed by atoms with Gasteiger partial charge >= 0.3 is 5.97 Å². The van der Waals surface area contributed by atoms with Crippen molar-refractivity contribution in [3.63, 3.8) is 0 Å². The van der Waals surface area contributed by atoms with Crippen molar-refractivity contribution in [1.82, 2.24) is 14.5 Å². The maximum Gasteiger partial charge on any atom is 0.319 e. The first-order chi connectivity index (χ1) is 8.08. The van der Waals surface area contributed by atoms with Crippen LogP contribution in [-0.4, -0.2) is 40.6 Å². The van der Waals surface area contributed by atoms with Crippen LogP contribution in [0.3, 0.4) is 0 Å². The van der Waals surface area contributed by atoms with Crippen molar-refractivity contribution in [2.24, 2.45) is 0 Å². The van der Waals surface area contributed by atoms with E-state index in [0.717, 1.165) is 12.2 Å². The summed E-state index contributed by atoms with van der Waals surface area (Å²) >= 11 is 0. The molecule has 0 aromatic carbocycles. The van der Waals surface area contributed by atoms with E-state index in [0.29, 0.717) is 19.1 Å². The fourth-order valence-corrected chi connectivity index (χ4v) is 1.68. The fraction of sp³-hybridized carbons (Fsp3) is 0.667. The summed E-state index contributed by atoms with van der Waals surface area (Å²) in [5.74, 6) is -0.206. The maximum atomic E-state index is 11.2. The minimum Gasteiger partial charge on any atom is -0.468 e. The lowest BCUT2D eigenvalue weighted by Crippen LogP contribution is -2.30. The number of hydrogen-bond acceptors (Lipinski definition) is 4. The largest absolute Gasteiger partial charge is 0.468 e. The van der Waals surface area contributed by atoms with E-state index >= 15 is 0 Å². The van der Waals surface area contributed by atoms with Crippen LogP contribution in [0.1, 0.15) is 32.5 Å². The molecule has 0 saturated heterocycles. The summed E-state index contributed by atoms with van der Waals surface area (Å²) in [6.07, 6.45) is 3.67. The lowest BCUT2D eigenvalue weighted by molar-refractivity contribution is -0.142. The van der Waals surface area contributed by atoms with Crippen molar-refractivity contribution in [3.8, 4) is 0 Å². The van der Waals surface area contributed by atoms with E-state index in [1.807, 2.05) is 24.3 Å². The van der Waals surface area contributed by atoms with Crippen LogP contribution < -0.4 is 0 Å². The number of methoxy groups -OCH3 is 1. The third-order valence-corrected chi connectivity index (χ3v) is 2.72. The predicted octanol–water partition coefficient (Wildman–Crippen LogP) is 1.46. The molecule has 1 aromatic heterocycles. The number of nitrogens with zero attached hydrogens (tertiary/aromatic N) is 3. The monoisotopic (exact) mass is 239 g/mol.